The molecule has 5 rings (SSSR count). The summed E-state index contributed by atoms with van der Waals surface area (Å²) in [5, 5.41) is 7.15. The van der Waals surface area contributed by atoms with Crippen LogP contribution in [0.3, 0.4) is 0 Å². The number of nitrogen functional groups attached to an aromatic ring is 1. The Balaban J connectivity index is 1.51. The highest BCUT2D eigenvalue weighted by molar-refractivity contribution is 6.00. The van der Waals surface area contributed by atoms with E-state index in [9.17, 15) is 4.39 Å². The SMILES string of the molecule is CC(/C(=C/Nc1ncccc1F)N=N)n1cc(-c2ccc(OC3CC3)cc2)c2c(N)ncnc21. The van der Waals surface area contributed by atoms with Gasteiger partial charge >= 0.3 is 0 Å². The Morgan fingerprint density at radius 1 is 1.26 bits per heavy atom. The van der Waals surface area contributed by atoms with Crippen molar-refractivity contribution in [2.24, 2.45) is 5.11 Å². The average molecular weight is 459 g/mol. The van der Waals surface area contributed by atoms with E-state index in [1.54, 1.807) is 0 Å². The van der Waals surface area contributed by atoms with Gasteiger partial charge in [0.25, 0.3) is 0 Å². The molecule has 9 nitrogen and oxygen atoms in total. The highest BCUT2D eigenvalue weighted by Gasteiger charge is 2.24. The fourth-order valence-electron chi connectivity index (χ4n) is 3.74. The van der Waals surface area contributed by atoms with Crippen LogP contribution in [0.2, 0.25) is 0 Å². The standard InChI is InChI=1S/C24H23FN8O/c1-14(20(32-27)11-29-23-19(25)3-2-10-28-23)33-12-18(21-22(26)30-13-31-24(21)33)15-4-6-16(7-5-15)34-17-8-9-17/h2-7,10-14,17,27H,8-9H2,1H3,(H,28,29)(H2,26,30,31)/b20-11-,32-27?. The molecule has 172 valence electrons. The number of pyridine rings is 1. The number of halogens is 1. The molecule has 1 unspecified atom stereocenters. The number of hydrogen-bond acceptors (Lipinski definition) is 8. The first-order valence-corrected chi connectivity index (χ1v) is 10.9. The van der Waals surface area contributed by atoms with Gasteiger partial charge in [-0.1, -0.05) is 12.1 Å². The maximum Gasteiger partial charge on any atom is 0.166 e. The smallest absolute Gasteiger partial charge is 0.166 e. The molecule has 10 heteroatoms. The third-order valence-corrected chi connectivity index (χ3v) is 5.72. The number of aromatic nitrogens is 4. The van der Waals surface area contributed by atoms with E-state index >= 15 is 0 Å². The van der Waals surface area contributed by atoms with Crippen LogP contribution in [0.4, 0.5) is 16.0 Å². The van der Waals surface area contributed by atoms with Crippen molar-refractivity contribution in [1.82, 2.24) is 19.5 Å². The number of nitrogens with zero attached hydrogens (tertiary/aromatic N) is 5. The fourth-order valence-corrected chi connectivity index (χ4v) is 3.74. The van der Waals surface area contributed by atoms with Crippen molar-refractivity contribution in [3.8, 4) is 16.9 Å². The van der Waals surface area contributed by atoms with Crippen LogP contribution in [0.5, 0.6) is 5.75 Å². The van der Waals surface area contributed by atoms with Crippen molar-refractivity contribution in [2.75, 3.05) is 11.1 Å². The number of anilines is 2. The topological polar surface area (TPSA) is 127 Å². The molecule has 1 aliphatic carbocycles. The van der Waals surface area contributed by atoms with Gasteiger partial charge in [0.15, 0.2) is 11.6 Å². The van der Waals surface area contributed by atoms with Crippen LogP contribution in [0.15, 0.2) is 72.1 Å². The van der Waals surface area contributed by atoms with Crippen LogP contribution in [0.1, 0.15) is 25.8 Å². The second-order valence-corrected chi connectivity index (χ2v) is 8.08. The van der Waals surface area contributed by atoms with E-state index in [2.05, 4.69) is 25.4 Å². The number of nitrogens with one attached hydrogen (secondary N) is 2. The summed E-state index contributed by atoms with van der Waals surface area (Å²) in [6.07, 6.45) is 8.77. The van der Waals surface area contributed by atoms with Crippen LogP contribution in [-0.4, -0.2) is 25.6 Å². The van der Waals surface area contributed by atoms with Crippen molar-refractivity contribution in [3.63, 3.8) is 0 Å². The summed E-state index contributed by atoms with van der Waals surface area (Å²) < 4.78 is 21.7. The maximum atomic E-state index is 13.9. The van der Waals surface area contributed by atoms with E-state index in [1.807, 2.05) is 42.0 Å². The highest BCUT2D eigenvalue weighted by atomic mass is 19.1. The monoisotopic (exact) mass is 458 g/mol. The highest BCUT2D eigenvalue weighted by Crippen LogP contribution is 2.37. The van der Waals surface area contributed by atoms with Gasteiger partial charge in [-0.05, 0) is 49.6 Å². The molecule has 0 amide bonds. The summed E-state index contributed by atoms with van der Waals surface area (Å²) >= 11 is 0. The third kappa shape index (κ3) is 4.17. The number of hydrogen-bond donors (Lipinski definition) is 3. The van der Waals surface area contributed by atoms with Gasteiger partial charge in [0.2, 0.25) is 0 Å². The minimum atomic E-state index is -0.501. The molecular weight excluding hydrogens is 435 g/mol. The van der Waals surface area contributed by atoms with Crippen molar-refractivity contribution in [1.29, 1.82) is 5.53 Å². The molecule has 1 atom stereocenters. The van der Waals surface area contributed by atoms with Crippen LogP contribution >= 0.6 is 0 Å². The molecule has 1 saturated carbocycles. The van der Waals surface area contributed by atoms with Gasteiger partial charge < -0.3 is 20.4 Å². The molecule has 4 N–H and O–H groups in total. The van der Waals surface area contributed by atoms with Crippen LogP contribution < -0.4 is 15.8 Å². The Kier molecular flexibility index (Phi) is 5.62. The summed E-state index contributed by atoms with van der Waals surface area (Å²) in [6.45, 7) is 1.87. The number of ether oxygens (including phenoxy) is 1. The first-order valence-electron chi connectivity index (χ1n) is 10.9. The van der Waals surface area contributed by atoms with Gasteiger partial charge in [0, 0.05) is 24.2 Å². The minimum absolute atomic E-state index is 0.0500. The molecule has 1 fully saturated rings. The molecule has 3 aromatic heterocycles. The van der Waals surface area contributed by atoms with Gasteiger partial charge in [-0.3, -0.25) is 0 Å². The minimum Gasteiger partial charge on any atom is -0.490 e. The first kappa shape index (κ1) is 21.5. The zero-order valence-corrected chi connectivity index (χ0v) is 18.4. The van der Waals surface area contributed by atoms with Gasteiger partial charge in [-0.25, -0.2) is 24.9 Å². The van der Waals surface area contributed by atoms with Crippen molar-refractivity contribution in [2.45, 2.75) is 31.9 Å². The van der Waals surface area contributed by atoms with Crippen molar-refractivity contribution < 1.29 is 9.13 Å². The predicted molar refractivity (Wildman–Crippen MR) is 127 cm³/mol. The Hall–Kier alpha value is -4.34. The molecule has 1 aliphatic rings. The molecule has 0 bridgehead atoms. The lowest BCUT2D eigenvalue weighted by atomic mass is 10.1. The van der Waals surface area contributed by atoms with Gasteiger partial charge in [-0.2, -0.15) is 5.11 Å². The van der Waals surface area contributed by atoms with E-state index in [0.29, 0.717) is 28.7 Å². The van der Waals surface area contributed by atoms with Crippen LogP contribution in [-0.2, 0) is 0 Å². The molecule has 1 aromatic carbocycles. The molecule has 0 aliphatic heterocycles. The number of fused-ring (bicyclic) bond motifs is 1. The van der Waals surface area contributed by atoms with E-state index in [4.69, 9.17) is 16.0 Å². The quantitative estimate of drug-likeness (QED) is 0.307. The lowest BCUT2D eigenvalue weighted by Crippen LogP contribution is -2.08. The zero-order chi connectivity index (χ0) is 23.7. The second kappa shape index (κ2) is 8.89. The summed E-state index contributed by atoms with van der Waals surface area (Å²) in [5.74, 6) is 0.734. The fraction of sp³-hybridized carbons (Fsp3) is 0.208. The number of nitrogens with two attached hydrogens (primary N) is 1. The summed E-state index contributed by atoms with van der Waals surface area (Å²) in [4.78, 5) is 12.6. The average Bonchev–Trinajstić information content (AvgIpc) is 3.57. The molecule has 3 heterocycles. The number of benzene rings is 1. The normalized spacial score (nSPS) is 14.7. The Bertz CT molecular complexity index is 1380. The number of rotatable bonds is 8. The summed E-state index contributed by atoms with van der Waals surface area (Å²) in [5.41, 5.74) is 16.7. The largest absolute Gasteiger partial charge is 0.490 e. The van der Waals surface area contributed by atoms with E-state index in [1.165, 1.54) is 30.9 Å². The molecule has 0 saturated heterocycles. The molecule has 0 spiro atoms. The molecule has 34 heavy (non-hydrogen) atoms. The molecular formula is C24H23FN8O. The first-order chi connectivity index (χ1) is 16.5. The van der Waals surface area contributed by atoms with Crippen molar-refractivity contribution in [3.05, 3.63) is 72.8 Å². The molecule has 4 aromatic rings. The lowest BCUT2D eigenvalue weighted by Gasteiger charge is -2.15. The summed E-state index contributed by atoms with van der Waals surface area (Å²) in [7, 11) is 0. The van der Waals surface area contributed by atoms with Crippen LogP contribution in [0.25, 0.3) is 22.2 Å². The Morgan fingerprint density at radius 3 is 2.76 bits per heavy atom. The van der Waals surface area contributed by atoms with E-state index < -0.39 is 11.9 Å². The zero-order valence-electron chi connectivity index (χ0n) is 18.4. The van der Waals surface area contributed by atoms with Gasteiger partial charge in [0.1, 0.15) is 29.2 Å². The second-order valence-electron chi connectivity index (χ2n) is 8.08. The van der Waals surface area contributed by atoms with Gasteiger partial charge in [0.05, 0.1) is 17.5 Å². The van der Waals surface area contributed by atoms with Gasteiger partial charge in [-0.15, -0.1) is 0 Å². The summed E-state index contributed by atoms with van der Waals surface area (Å²) in [6, 6.07) is 10.2. The number of allylic oxidation sites excluding steroid dienone is 1. The van der Waals surface area contributed by atoms with Crippen molar-refractivity contribution >= 4 is 22.7 Å². The van der Waals surface area contributed by atoms with Crippen LogP contribution in [0, 0.1) is 11.3 Å². The third-order valence-electron chi connectivity index (χ3n) is 5.72. The predicted octanol–water partition coefficient (Wildman–Crippen LogP) is 5.30. The molecule has 0 radical (unpaired) electrons. The maximum absolute atomic E-state index is 13.9. The Labute approximate surface area is 195 Å². The Morgan fingerprint density at radius 2 is 2.06 bits per heavy atom. The lowest BCUT2D eigenvalue weighted by molar-refractivity contribution is 0.303. The van der Waals surface area contributed by atoms with E-state index in [-0.39, 0.29) is 5.82 Å². The van der Waals surface area contributed by atoms with E-state index in [0.717, 1.165) is 29.7 Å².